The number of unbranched alkanes of at least 4 members (excludes halogenated alkanes) is 1. The molecule has 0 spiro atoms. The molecular formula is C35H35F2N5O6. The van der Waals surface area contributed by atoms with E-state index in [0.29, 0.717) is 34.7 Å². The van der Waals surface area contributed by atoms with E-state index in [2.05, 4.69) is 25.1 Å². The van der Waals surface area contributed by atoms with Crippen molar-refractivity contribution < 1.29 is 33.0 Å². The number of anilines is 1. The molecule has 1 aromatic heterocycles. The largest absolute Gasteiger partial charge is 0.488 e. The molecule has 0 atom stereocenters. The molecule has 4 heterocycles. The number of aromatic amines is 2. The number of fused-ring (bicyclic) bond motifs is 3. The van der Waals surface area contributed by atoms with Crippen molar-refractivity contribution in [1.82, 2.24) is 20.2 Å². The zero-order valence-electron chi connectivity index (χ0n) is 26.1. The van der Waals surface area contributed by atoms with Crippen LogP contribution in [-0.2, 0) is 9.59 Å². The summed E-state index contributed by atoms with van der Waals surface area (Å²) in [7, 11) is 0. The van der Waals surface area contributed by atoms with Gasteiger partial charge in [0.15, 0.2) is 0 Å². The summed E-state index contributed by atoms with van der Waals surface area (Å²) in [6.07, 6.45) is 4.99. The highest BCUT2D eigenvalue weighted by Crippen LogP contribution is 2.28. The van der Waals surface area contributed by atoms with Crippen molar-refractivity contribution in [2.24, 2.45) is 0 Å². The van der Waals surface area contributed by atoms with E-state index in [1.165, 1.54) is 36.4 Å². The summed E-state index contributed by atoms with van der Waals surface area (Å²) in [5.41, 5.74) is 4.27. The molecule has 0 saturated carbocycles. The third kappa shape index (κ3) is 7.74. The average molecular weight is 660 g/mol. The molecule has 4 N–H and O–H groups in total. The topological polar surface area (TPSA) is 140 Å². The highest BCUT2D eigenvalue weighted by Gasteiger charge is 2.20. The van der Waals surface area contributed by atoms with E-state index in [1.54, 1.807) is 12.1 Å². The molecule has 3 aliphatic heterocycles. The molecule has 7 rings (SSSR count). The number of imidazole rings is 1. The van der Waals surface area contributed by atoms with E-state index in [4.69, 9.17) is 14.6 Å². The fourth-order valence-corrected chi connectivity index (χ4v) is 5.85. The molecule has 3 aliphatic rings. The number of ether oxygens (including phenoxy) is 2. The Bertz CT molecular complexity index is 1940. The number of nitrogens with one attached hydrogen (secondary N) is 3. The molecule has 1 fully saturated rings. The number of aromatic nitrogens is 2. The number of carbonyl (C=O) groups is 2. The number of nitrogens with zero attached hydrogens (tertiary/aromatic N) is 2. The van der Waals surface area contributed by atoms with Crippen molar-refractivity contribution in [2.75, 3.05) is 57.4 Å². The number of benzene rings is 3. The van der Waals surface area contributed by atoms with Crippen LogP contribution in [0.2, 0.25) is 0 Å². The number of para-hydroxylation sites is 1. The van der Waals surface area contributed by atoms with Gasteiger partial charge in [-0.05, 0) is 80.1 Å². The van der Waals surface area contributed by atoms with Crippen LogP contribution in [0.25, 0.3) is 23.2 Å². The molecule has 0 unspecified atom stereocenters. The second-order valence-electron chi connectivity index (χ2n) is 11.7. The lowest BCUT2D eigenvalue weighted by molar-refractivity contribution is -0.133. The first-order chi connectivity index (χ1) is 23.2. The summed E-state index contributed by atoms with van der Waals surface area (Å²) >= 11 is 0. The SMILES string of the molecule is O=C(NCCCCN1CCN(c2cccc3[nH]c(=O)[nH]c23)CC1)C1=Cc2cc(F)ccc2OC1.O=C(O)C1=Cc2cc(F)ccc2OC1. The van der Waals surface area contributed by atoms with Gasteiger partial charge in [-0.2, -0.15) is 0 Å². The zero-order valence-corrected chi connectivity index (χ0v) is 26.1. The van der Waals surface area contributed by atoms with Crippen LogP contribution in [0.15, 0.2) is 70.5 Å². The van der Waals surface area contributed by atoms with Gasteiger partial charge in [-0.25, -0.2) is 18.4 Å². The highest BCUT2D eigenvalue weighted by atomic mass is 19.1. The van der Waals surface area contributed by atoms with Gasteiger partial charge in [-0.15, -0.1) is 0 Å². The van der Waals surface area contributed by atoms with Gasteiger partial charge < -0.3 is 34.8 Å². The number of halogens is 2. The summed E-state index contributed by atoms with van der Waals surface area (Å²) in [6.45, 7) is 5.50. The molecule has 4 aromatic rings. The number of hydrogen-bond donors (Lipinski definition) is 4. The van der Waals surface area contributed by atoms with Crippen LogP contribution >= 0.6 is 0 Å². The monoisotopic (exact) mass is 659 g/mol. The molecule has 48 heavy (non-hydrogen) atoms. The fraction of sp³-hybridized carbons (Fsp3) is 0.286. The van der Waals surface area contributed by atoms with Crippen molar-refractivity contribution in [3.05, 3.63) is 99.0 Å². The molecule has 1 amide bonds. The summed E-state index contributed by atoms with van der Waals surface area (Å²) < 4.78 is 36.9. The van der Waals surface area contributed by atoms with Gasteiger partial charge in [0, 0.05) is 43.9 Å². The number of carboxylic acids is 1. The molecule has 0 bridgehead atoms. The standard InChI is InChI=1S/C25H28FN5O3.C10H7FO3/c26-19-6-7-22-17(15-19)14-18(16-34-22)24(32)27-8-1-2-9-30-10-12-31(13-11-30)21-5-3-4-20-23(21)29-25(33)28-20;11-8-1-2-9-6(4-8)3-7(5-14-9)10(12)13/h3-7,14-15H,1-2,8-13,16H2,(H,27,32)(H2,28,29,33);1-4H,5H2,(H,12,13). The van der Waals surface area contributed by atoms with Gasteiger partial charge in [0.1, 0.15) is 36.3 Å². The normalized spacial score (nSPS) is 15.5. The number of H-pyrrole nitrogens is 2. The summed E-state index contributed by atoms with van der Waals surface area (Å²) in [5.74, 6) is -0.860. The number of amides is 1. The maximum atomic E-state index is 13.4. The Morgan fingerprint density at radius 2 is 1.48 bits per heavy atom. The van der Waals surface area contributed by atoms with Crippen LogP contribution in [-0.4, -0.2) is 84.3 Å². The van der Waals surface area contributed by atoms with E-state index in [-0.39, 0.29) is 36.2 Å². The minimum Gasteiger partial charge on any atom is -0.488 e. The van der Waals surface area contributed by atoms with Crippen molar-refractivity contribution in [3.63, 3.8) is 0 Å². The Morgan fingerprint density at radius 1 is 0.833 bits per heavy atom. The molecular weight excluding hydrogens is 624 g/mol. The van der Waals surface area contributed by atoms with E-state index in [0.717, 1.165) is 62.3 Å². The van der Waals surface area contributed by atoms with Crippen LogP contribution in [0.5, 0.6) is 11.5 Å². The van der Waals surface area contributed by atoms with Crippen LogP contribution in [0.1, 0.15) is 24.0 Å². The number of piperazine rings is 1. The first kappa shape index (κ1) is 32.5. The van der Waals surface area contributed by atoms with Crippen molar-refractivity contribution in [3.8, 4) is 11.5 Å². The quantitative estimate of drug-likeness (QED) is 0.207. The van der Waals surface area contributed by atoms with Crippen molar-refractivity contribution in [1.29, 1.82) is 0 Å². The highest BCUT2D eigenvalue weighted by molar-refractivity contribution is 5.99. The van der Waals surface area contributed by atoms with Crippen molar-refractivity contribution >= 4 is 40.7 Å². The molecule has 1 saturated heterocycles. The first-order valence-corrected chi connectivity index (χ1v) is 15.7. The Balaban J connectivity index is 0.000000239. The number of hydrogen-bond acceptors (Lipinski definition) is 7. The van der Waals surface area contributed by atoms with E-state index in [1.807, 2.05) is 18.2 Å². The number of rotatable bonds is 8. The molecule has 3 aromatic carbocycles. The number of carbonyl (C=O) groups excluding carboxylic acids is 1. The Labute approximate surface area is 274 Å². The van der Waals surface area contributed by atoms with E-state index < -0.39 is 11.8 Å². The van der Waals surface area contributed by atoms with Gasteiger partial charge in [-0.3, -0.25) is 9.69 Å². The molecule has 250 valence electrons. The van der Waals surface area contributed by atoms with Crippen LogP contribution in [0.4, 0.5) is 14.5 Å². The fourth-order valence-electron chi connectivity index (χ4n) is 5.85. The second-order valence-corrected chi connectivity index (χ2v) is 11.7. The van der Waals surface area contributed by atoms with Crippen LogP contribution < -0.4 is 25.4 Å². The molecule has 0 radical (unpaired) electrons. The molecule has 11 nitrogen and oxygen atoms in total. The number of carboxylic acid groups (broad SMARTS) is 1. The maximum absolute atomic E-state index is 13.4. The Morgan fingerprint density at radius 3 is 2.15 bits per heavy atom. The average Bonchev–Trinajstić information content (AvgIpc) is 3.48. The predicted molar refractivity (Wildman–Crippen MR) is 177 cm³/mol. The zero-order chi connectivity index (χ0) is 33.6. The van der Waals surface area contributed by atoms with Gasteiger partial charge in [-0.1, -0.05) is 6.07 Å². The van der Waals surface area contributed by atoms with Crippen molar-refractivity contribution in [2.45, 2.75) is 12.8 Å². The maximum Gasteiger partial charge on any atom is 0.335 e. The van der Waals surface area contributed by atoms with Gasteiger partial charge in [0.25, 0.3) is 5.91 Å². The third-order valence-electron chi connectivity index (χ3n) is 8.36. The number of aliphatic carboxylic acids is 1. The summed E-state index contributed by atoms with van der Waals surface area (Å²) in [4.78, 5) is 45.1. The minimum atomic E-state index is -1.04. The van der Waals surface area contributed by atoms with E-state index >= 15 is 0 Å². The van der Waals surface area contributed by atoms with Crippen LogP contribution in [0.3, 0.4) is 0 Å². The second kappa shape index (κ2) is 14.6. The molecule has 13 heteroatoms. The summed E-state index contributed by atoms with van der Waals surface area (Å²) in [5, 5.41) is 11.6. The molecule has 0 aliphatic carbocycles. The van der Waals surface area contributed by atoms with Gasteiger partial charge in [0.2, 0.25) is 0 Å². The van der Waals surface area contributed by atoms with Gasteiger partial charge in [0.05, 0.1) is 27.9 Å². The lowest BCUT2D eigenvalue weighted by Crippen LogP contribution is -2.46. The van der Waals surface area contributed by atoms with Crippen LogP contribution in [0, 0.1) is 11.6 Å². The minimum absolute atomic E-state index is 0.0218. The third-order valence-corrected chi connectivity index (χ3v) is 8.36. The van der Waals surface area contributed by atoms with Gasteiger partial charge >= 0.3 is 11.7 Å². The Hall–Kier alpha value is -5.43. The van der Waals surface area contributed by atoms with E-state index in [9.17, 15) is 23.2 Å². The summed E-state index contributed by atoms with van der Waals surface area (Å²) in [6, 6.07) is 14.2. The lowest BCUT2D eigenvalue weighted by atomic mass is 10.1. The smallest absolute Gasteiger partial charge is 0.335 e. The lowest BCUT2D eigenvalue weighted by Gasteiger charge is -2.36. The Kier molecular flexibility index (Phi) is 9.86. The predicted octanol–water partition coefficient (Wildman–Crippen LogP) is 4.18. The first-order valence-electron chi connectivity index (χ1n) is 15.7.